The predicted molar refractivity (Wildman–Crippen MR) is 141 cm³/mol. The van der Waals surface area contributed by atoms with Crippen molar-refractivity contribution in [3.63, 3.8) is 0 Å². The maximum atomic E-state index is 13.6. The van der Waals surface area contributed by atoms with E-state index in [0.717, 1.165) is 27.8 Å². The fourth-order valence-electron chi connectivity index (χ4n) is 4.46. The van der Waals surface area contributed by atoms with Crippen LogP contribution in [0.1, 0.15) is 61.0 Å². The number of methoxy groups -OCH3 is 1. The van der Waals surface area contributed by atoms with Crippen molar-refractivity contribution in [1.82, 2.24) is 14.9 Å². The molecule has 2 heterocycles. The topological polar surface area (TPSA) is 90.3 Å². The van der Waals surface area contributed by atoms with Crippen LogP contribution in [0.25, 0.3) is 11.1 Å². The molecule has 7 nitrogen and oxygen atoms in total. The SMILES string of the molecule is COC(=O)C[C@H](NC(=O)C(CC(C)C)n1ccc(C)cc1=O)c1cncc(-c2c(C)cccc2C)c1. The second kappa shape index (κ2) is 11.8. The van der Waals surface area contributed by atoms with Crippen LogP contribution >= 0.6 is 0 Å². The monoisotopic (exact) mass is 489 g/mol. The Balaban J connectivity index is 2.00. The van der Waals surface area contributed by atoms with Gasteiger partial charge in [-0.1, -0.05) is 32.0 Å². The molecule has 0 saturated heterocycles. The van der Waals surface area contributed by atoms with Gasteiger partial charge in [-0.3, -0.25) is 19.4 Å². The van der Waals surface area contributed by atoms with Crippen molar-refractivity contribution >= 4 is 11.9 Å². The Morgan fingerprint density at radius 2 is 1.75 bits per heavy atom. The van der Waals surface area contributed by atoms with Crippen molar-refractivity contribution in [2.45, 2.75) is 59.5 Å². The van der Waals surface area contributed by atoms with Gasteiger partial charge in [-0.25, -0.2) is 0 Å². The van der Waals surface area contributed by atoms with Crippen molar-refractivity contribution in [2.24, 2.45) is 5.92 Å². The highest BCUT2D eigenvalue weighted by Crippen LogP contribution is 2.29. The minimum Gasteiger partial charge on any atom is -0.469 e. The van der Waals surface area contributed by atoms with E-state index in [9.17, 15) is 14.4 Å². The van der Waals surface area contributed by atoms with Gasteiger partial charge in [-0.2, -0.15) is 0 Å². The lowest BCUT2D eigenvalue weighted by Gasteiger charge is -2.25. The number of hydrogen-bond acceptors (Lipinski definition) is 5. The van der Waals surface area contributed by atoms with Crippen LogP contribution in [0.15, 0.2) is 59.8 Å². The van der Waals surface area contributed by atoms with E-state index in [4.69, 9.17) is 4.74 Å². The summed E-state index contributed by atoms with van der Waals surface area (Å²) in [5.74, 6) is -0.617. The molecule has 0 aliphatic carbocycles. The van der Waals surface area contributed by atoms with Crippen molar-refractivity contribution in [3.05, 3.63) is 87.6 Å². The summed E-state index contributed by atoms with van der Waals surface area (Å²) in [5, 5.41) is 3.01. The molecule has 1 aromatic carbocycles. The summed E-state index contributed by atoms with van der Waals surface area (Å²) in [6, 6.07) is 9.98. The average Bonchev–Trinajstić information content (AvgIpc) is 2.82. The molecule has 0 spiro atoms. The van der Waals surface area contributed by atoms with Gasteiger partial charge in [0.05, 0.1) is 19.6 Å². The highest BCUT2D eigenvalue weighted by molar-refractivity contribution is 5.82. The minimum absolute atomic E-state index is 0.0582. The standard InChI is InChI=1S/C29H35N3O4/c1-18(2)12-25(32-11-10-19(3)13-26(32)33)29(35)31-24(15-27(34)36-6)22-14-23(17-30-16-22)28-20(4)8-7-9-21(28)5/h7-11,13-14,16-18,24-25H,12,15H2,1-6H3,(H,31,35)/t24-,25?/m0/s1. The van der Waals surface area contributed by atoms with Gasteiger partial charge in [0.15, 0.2) is 0 Å². The lowest BCUT2D eigenvalue weighted by Crippen LogP contribution is -2.40. The number of ether oxygens (including phenoxy) is 1. The molecule has 0 aliphatic heterocycles. The molecule has 1 amide bonds. The molecule has 0 aliphatic rings. The van der Waals surface area contributed by atoms with Crippen LogP contribution in [0.3, 0.4) is 0 Å². The van der Waals surface area contributed by atoms with E-state index in [2.05, 4.69) is 10.3 Å². The minimum atomic E-state index is -0.715. The van der Waals surface area contributed by atoms with E-state index in [1.165, 1.54) is 17.7 Å². The molecule has 2 atom stereocenters. The molecule has 2 aromatic heterocycles. The maximum absolute atomic E-state index is 13.6. The first-order valence-electron chi connectivity index (χ1n) is 12.2. The second-order valence-electron chi connectivity index (χ2n) is 9.71. The van der Waals surface area contributed by atoms with Crippen LogP contribution in [0.5, 0.6) is 0 Å². The quantitative estimate of drug-likeness (QED) is 0.434. The van der Waals surface area contributed by atoms with Gasteiger partial charge in [0.2, 0.25) is 5.91 Å². The highest BCUT2D eigenvalue weighted by Gasteiger charge is 2.27. The Labute approximate surface area is 212 Å². The van der Waals surface area contributed by atoms with E-state index >= 15 is 0 Å². The first-order valence-corrected chi connectivity index (χ1v) is 12.2. The van der Waals surface area contributed by atoms with E-state index in [0.29, 0.717) is 12.0 Å². The summed E-state index contributed by atoms with van der Waals surface area (Å²) < 4.78 is 6.37. The Morgan fingerprint density at radius 1 is 1.06 bits per heavy atom. The second-order valence-corrected chi connectivity index (χ2v) is 9.71. The molecule has 0 bridgehead atoms. The zero-order valence-electron chi connectivity index (χ0n) is 21.9. The predicted octanol–water partition coefficient (Wildman–Crippen LogP) is 4.84. The zero-order chi connectivity index (χ0) is 26.4. The van der Waals surface area contributed by atoms with E-state index in [1.54, 1.807) is 18.6 Å². The Kier molecular flexibility index (Phi) is 8.80. The number of carbonyl (C=O) groups is 2. The van der Waals surface area contributed by atoms with Gasteiger partial charge in [-0.15, -0.1) is 0 Å². The smallest absolute Gasteiger partial charge is 0.307 e. The molecule has 7 heteroatoms. The highest BCUT2D eigenvalue weighted by atomic mass is 16.5. The summed E-state index contributed by atoms with van der Waals surface area (Å²) >= 11 is 0. The van der Waals surface area contributed by atoms with Gasteiger partial charge >= 0.3 is 5.97 Å². The number of amides is 1. The molecule has 1 unspecified atom stereocenters. The number of nitrogens with zero attached hydrogens (tertiary/aromatic N) is 2. The zero-order valence-corrected chi connectivity index (χ0v) is 21.9. The number of benzene rings is 1. The third kappa shape index (κ3) is 6.47. The Bertz CT molecular complexity index is 1280. The lowest BCUT2D eigenvalue weighted by atomic mass is 9.94. The van der Waals surface area contributed by atoms with Crippen molar-refractivity contribution in [1.29, 1.82) is 0 Å². The van der Waals surface area contributed by atoms with Crippen molar-refractivity contribution < 1.29 is 14.3 Å². The van der Waals surface area contributed by atoms with Gasteiger partial charge < -0.3 is 14.6 Å². The van der Waals surface area contributed by atoms with Crippen LogP contribution in [-0.2, 0) is 14.3 Å². The number of aryl methyl sites for hydroxylation is 3. The largest absolute Gasteiger partial charge is 0.469 e. The Morgan fingerprint density at radius 3 is 2.36 bits per heavy atom. The third-order valence-corrected chi connectivity index (χ3v) is 6.28. The molecule has 3 aromatic rings. The summed E-state index contributed by atoms with van der Waals surface area (Å²) in [5.41, 5.74) is 5.47. The molecule has 3 rings (SSSR count). The lowest BCUT2D eigenvalue weighted by molar-refractivity contribution is -0.141. The van der Waals surface area contributed by atoms with Gasteiger partial charge in [-0.05, 0) is 73.1 Å². The number of carbonyl (C=O) groups excluding carboxylic acids is 2. The first-order chi connectivity index (χ1) is 17.1. The van der Waals surface area contributed by atoms with Gasteiger partial charge in [0.1, 0.15) is 6.04 Å². The number of esters is 1. The third-order valence-electron chi connectivity index (χ3n) is 6.28. The number of rotatable bonds is 9. The van der Waals surface area contributed by atoms with Crippen molar-refractivity contribution in [2.75, 3.05) is 7.11 Å². The summed E-state index contributed by atoms with van der Waals surface area (Å²) in [4.78, 5) is 43.0. The number of nitrogens with one attached hydrogen (secondary N) is 1. The molecular formula is C29H35N3O4. The molecule has 0 saturated carbocycles. The molecule has 190 valence electrons. The number of hydrogen-bond donors (Lipinski definition) is 1. The molecular weight excluding hydrogens is 454 g/mol. The summed E-state index contributed by atoms with van der Waals surface area (Å²) in [7, 11) is 1.32. The van der Waals surface area contributed by atoms with Crippen LogP contribution in [0, 0.1) is 26.7 Å². The fourth-order valence-corrected chi connectivity index (χ4v) is 4.46. The van der Waals surface area contributed by atoms with Crippen LogP contribution in [-0.4, -0.2) is 28.5 Å². The van der Waals surface area contributed by atoms with Gasteiger partial charge in [0.25, 0.3) is 5.56 Å². The average molecular weight is 490 g/mol. The van der Waals surface area contributed by atoms with E-state index < -0.39 is 18.1 Å². The molecule has 36 heavy (non-hydrogen) atoms. The van der Waals surface area contributed by atoms with E-state index in [-0.39, 0.29) is 23.8 Å². The first kappa shape index (κ1) is 26.9. The number of pyridine rings is 2. The summed E-state index contributed by atoms with van der Waals surface area (Å²) in [6.07, 6.45) is 5.50. The normalized spacial score (nSPS) is 12.8. The molecule has 0 fully saturated rings. The van der Waals surface area contributed by atoms with Crippen molar-refractivity contribution in [3.8, 4) is 11.1 Å². The van der Waals surface area contributed by atoms with Crippen LogP contribution in [0.4, 0.5) is 0 Å². The van der Waals surface area contributed by atoms with Gasteiger partial charge in [0, 0.05) is 30.2 Å². The maximum Gasteiger partial charge on any atom is 0.307 e. The molecule has 1 N–H and O–H groups in total. The van der Waals surface area contributed by atoms with Crippen LogP contribution < -0.4 is 10.9 Å². The summed E-state index contributed by atoms with van der Waals surface area (Å²) in [6.45, 7) is 9.93. The fraction of sp³-hybridized carbons (Fsp3) is 0.379. The molecule has 0 radical (unpaired) electrons. The van der Waals surface area contributed by atoms with Crippen LogP contribution in [0.2, 0.25) is 0 Å². The van der Waals surface area contributed by atoms with E-state index in [1.807, 2.05) is 65.0 Å². The Hall–Kier alpha value is -3.74. The number of aromatic nitrogens is 2.